The maximum atomic E-state index is 10.1. The molecular weight excluding hydrogens is 350 g/mol. The Hall–Kier alpha value is -0.510. The third-order valence-corrected chi connectivity index (χ3v) is 9.62. The predicted molar refractivity (Wildman–Crippen MR) is 125 cm³/mol. The molecule has 3 aliphatic carbocycles. The predicted octanol–water partition coefficient (Wildman–Crippen LogP) is 9.07. The molecule has 1 heteroatoms. The molecule has 29 heavy (non-hydrogen) atoms. The Kier molecular flexibility index (Phi) is 9.40. The molecule has 3 aliphatic rings. The summed E-state index contributed by atoms with van der Waals surface area (Å²) in [6.07, 6.45) is 26.6. The summed E-state index contributed by atoms with van der Waals surface area (Å²) in [5.74, 6) is 4.65. The van der Waals surface area contributed by atoms with Gasteiger partial charge in [-0.1, -0.05) is 71.6 Å². The third-order valence-electron chi connectivity index (χ3n) is 9.62. The average molecular weight is 400 g/mol. The highest BCUT2D eigenvalue weighted by Crippen LogP contribution is 2.52. The monoisotopic (exact) mass is 399 g/mol. The van der Waals surface area contributed by atoms with Crippen LogP contribution in [0.2, 0.25) is 0 Å². The van der Waals surface area contributed by atoms with Gasteiger partial charge in [-0.2, -0.15) is 5.26 Å². The van der Waals surface area contributed by atoms with Gasteiger partial charge in [0.05, 0.1) is 11.5 Å². The summed E-state index contributed by atoms with van der Waals surface area (Å²) >= 11 is 0. The van der Waals surface area contributed by atoms with Gasteiger partial charge < -0.3 is 0 Å². The van der Waals surface area contributed by atoms with Crippen molar-refractivity contribution >= 4 is 0 Å². The summed E-state index contributed by atoms with van der Waals surface area (Å²) in [5, 5.41) is 10.1. The zero-order chi connectivity index (χ0) is 20.5. The van der Waals surface area contributed by atoms with Crippen LogP contribution < -0.4 is 0 Å². The van der Waals surface area contributed by atoms with Crippen molar-refractivity contribution in [2.75, 3.05) is 0 Å². The highest BCUT2D eigenvalue weighted by atomic mass is 14.5. The lowest BCUT2D eigenvalue weighted by atomic mass is 9.58. The van der Waals surface area contributed by atoms with Crippen molar-refractivity contribution in [3.05, 3.63) is 0 Å². The molecule has 0 N–H and O–H groups in total. The van der Waals surface area contributed by atoms with Gasteiger partial charge in [0, 0.05) is 0 Å². The van der Waals surface area contributed by atoms with Gasteiger partial charge >= 0.3 is 0 Å². The van der Waals surface area contributed by atoms with Crippen LogP contribution in [0.3, 0.4) is 0 Å². The number of nitrogens with zero attached hydrogens (tertiary/aromatic N) is 1. The maximum absolute atomic E-state index is 10.1. The first kappa shape index (κ1) is 23.2. The second kappa shape index (κ2) is 11.8. The molecule has 0 radical (unpaired) electrons. The molecular formula is C28H49N. The average Bonchev–Trinajstić information content (AvgIpc) is 2.79. The highest BCUT2D eigenvalue weighted by Gasteiger charge is 2.44. The first-order valence-corrected chi connectivity index (χ1v) is 13.6. The Morgan fingerprint density at radius 3 is 1.83 bits per heavy atom. The molecule has 3 fully saturated rings. The van der Waals surface area contributed by atoms with Crippen molar-refractivity contribution in [2.45, 2.75) is 136 Å². The van der Waals surface area contributed by atoms with E-state index in [-0.39, 0.29) is 5.41 Å². The van der Waals surface area contributed by atoms with Gasteiger partial charge in [-0.15, -0.1) is 0 Å². The second-order valence-corrected chi connectivity index (χ2v) is 11.2. The summed E-state index contributed by atoms with van der Waals surface area (Å²) in [6.45, 7) is 4.64. The third kappa shape index (κ3) is 6.24. The van der Waals surface area contributed by atoms with Crippen LogP contribution in [0.5, 0.6) is 0 Å². The van der Waals surface area contributed by atoms with Gasteiger partial charge in [0.25, 0.3) is 0 Å². The number of hydrogen-bond donors (Lipinski definition) is 0. The van der Waals surface area contributed by atoms with Crippen molar-refractivity contribution in [1.82, 2.24) is 0 Å². The molecule has 0 amide bonds. The molecule has 0 bridgehead atoms. The molecule has 0 aromatic heterocycles. The number of hydrogen-bond acceptors (Lipinski definition) is 1. The minimum absolute atomic E-state index is 0.0477. The van der Waals surface area contributed by atoms with Crippen LogP contribution in [0.15, 0.2) is 0 Å². The zero-order valence-electron chi connectivity index (χ0n) is 19.8. The van der Waals surface area contributed by atoms with Gasteiger partial charge in [-0.05, 0) is 93.8 Å². The Labute approximate surface area is 182 Å². The molecule has 0 aromatic carbocycles. The van der Waals surface area contributed by atoms with E-state index in [1.807, 2.05) is 0 Å². The zero-order valence-corrected chi connectivity index (χ0v) is 19.8. The van der Waals surface area contributed by atoms with Gasteiger partial charge in [-0.3, -0.25) is 0 Å². The van der Waals surface area contributed by atoms with E-state index in [2.05, 4.69) is 19.9 Å². The minimum atomic E-state index is 0.0477. The van der Waals surface area contributed by atoms with Crippen LogP contribution in [0.25, 0.3) is 0 Å². The largest absolute Gasteiger partial charge is 0.198 e. The van der Waals surface area contributed by atoms with Crippen LogP contribution in [0.4, 0.5) is 0 Å². The molecule has 0 aliphatic heterocycles. The number of nitriles is 1. The fourth-order valence-electron chi connectivity index (χ4n) is 7.34. The SMILES string of the molecule is CCCCCCCC1CCC(C2CCC(C3(C#N)CCC(CC)CC3)CC2)CC1. The van der Waals surface area contributed by atoms with Crippen LogP contribution in [0, 0.1) is 46.3 Å². The second-order valence-electron chi connectivity index (χ2n) is 11.2. The highest BCUT2D eigenvalue weighted by molar-refractivity contribution is 5.06. The molecule has 1 nitrogen and oxygen atoms in total. The van der Waals surface area contributed by atoms with Crippen LogP contribution in [-0.2, 0) is 0 Å². The number of unbranched alkanes of at least 4 members (excludes halogenated alkanes) is 4. The van der Waals surface area contributed by atoms with E-state index in [0.717, 1.165) is 23.7 Å². The molecule has 0 spiro atoms. The van der Waals surface area contributed by atoms with E-state index in [1.165, 1.54) is 122 Å². The Morgan fingerprint density at radius 2 is 1.28 bits per heavy atom. The van der Waals surface area contributed by atoms with Crippen molar-refractivity contribution in [3.63, 3.8) is 0 Å². The lowest BCUT2D eigenvalue weighted by Crippen LogP contribution is -2.37. The quantitative estimate of drug-likeness (QED) is 0.355. The van der Waals surface area contributed by atoms with E-state index >= 15 is 0 Å². The standard InChI is InChI=1S/C28H49N/c1-3-5-6-7-8-9-24-10-12-25(13-11-24)26-14-16-27(17-15-26)28(22-29)20-18-23(4-2)19-21-28/h23-27H,3-21H2,1-2H3. The summed E-state index contributed by atoms with van der Waals surface area (Å²) < 4.78 is 0. The van der Waals surface area contributed by atoms with Crippen LogP contribution in [0.1, 0.15) is 136 Å². The smallest absolute Gasteiger partial charge is 0.0692 e. The molecule has 0 saturated heterocycles. The van der Waals surface area contributed by atoms with Crippen molar-refractivity contribution in [1.29, 1.82) is 5.26 Å². The van der Waals surface area contributed by atoms with E-state index < -0.39 is 0 Å². The molecule has 3 saturated carbocycles. The minimum Gasteiger partial charge on any atom is -0.198 e. The van der Waals surface area contributed by atoms with Gasteiger partial charge in [0.15, 0.2) is 0 Å². The molecule has 0 heterocycles. The summed E-state index contributed by atoms with van der Waals surface area (Å²) in [4.78, 5) is 0. The Balaban J connectivity index is 1.36. The lowest BCUT2D eigenvalue weighted by Gasteiger charge is -2.45. The molecule has 3 rings (SSSR count). The van der Waals surface area contributed by atoms with Crippen molar-refractivity contribution in [3.8, 4) is 6.07 Å². The molecule has 166 valence electrons. The van der Waals surface area contributed by atoms with Gasteiger partial charge in [-0.25, -0.2) is 0 Å². The first-order valence-electron chi connectivity index (χ1n) is 13.6. The fraction of sp³-hybridized carbons (Fsp3) is 0.964. The normalized spacial score (nSPS) is 38.4. The van der Waals surface area contributed by atoms with E-state index in [4.69, 9.17) is 0 Å². The summed E-state index contributed by atoms with van der Waals surface area (Å²) in [5.41, 5.74) is 0.0477. The van der Waals surface area contributed by atoms with E-state index in [0.29, 0.717) is 5.92 Å². The van der Waals surface area contributed by atoms with Crippen LogP contribution >= 0.6 is 0 Å². The van der Waals surface area contributed by atoms with Crippen molar-refractivity contribution < 1.29 is 0 Å². The van der Waals surface area contributed by atoms with Gasteiger partial charge in [0.1, 0.15) is 0 Å². The summed E-state index contributed by atoms with van der Waals surface area (Å²) in [7, 11) is 0. The Morgan fingerprint density at radius 1 is 0.690 bits per heavy atom. The molecule has 0 aromatic rings. The topological polar surface area (TPSA) is 23.8 Å². The maximum Gasteiger partial charge on any atom is 0.0692 e. The van der Waals surface area contributed by atoms with E-state index in [1.54, 1.807) is 0 Å². The van der Waals surface area contributed by atoms with Gasteiger partial charge in [0.2, 0.25) is 0 Å². The molecule has 0 atom stereocenters. The van der Waals surface area contributed by atoms with Crippen molar-refractivity contribution in [2.24, 2.45) is 35.0 Å². The number of rotatable bonds is 9. The fourth-order valence-corrected chi connectivity index (χ4v) is 7.34. The van der Waals surface area contributed by atoms with E-state index in [9.17, 15) is 5.26 Å². The Bertz CT molecular complexity index is 479. The molecule has 0 unspecified atom stereocenters. The lowest BCUT2D eigenvalue weighted by molar-refractivity contribution is 0.0657. The van der Waals surface area contributed by atoms with Crippen LogP contribution in [-0.4, -0.2) is 0 Å². The first-order chi connectivity index (χ1) is 14.2. The summed E-state index contributed by atoms with van der Waals surface area (Å²) in [6, 6.07) is 2.86.